The van der Waals surface area contributed by atoms with Gasteiger partial charge in [0.15, 0.2) is 5.13 Å². The van der Waals surface area contributed by atoms with Crippen LogP contribution in [-0.4, -0.2) is 16.8 Å². The van der Waals surface area contributed by atoms with E-state index in [4.69, 9.17) is 0 Å². The molecule has 0 radical (unpaired) electrons. The molecule has 27 heavy (non-hydrogen) atoms. The summed E-state index contributed by atoms with van der Waals surface area (Å²) >= 11 is 1.41. The normalized spacial score (nSPS) is 10.4. The summed E-state index contributed by atoms with van der Waals surface area (Å²) in [5.41, 5.74) is 4.76. The molecular formula is C21H21N3O2S. The Hall–Kier alpha value is -2.99. The van der Waals surface area contributed by atoms with Crippen LogP contribution in [0.3, 0.4) is 0 Å². The van der Waals surface area contributed by atoms with Gasteiger partial charge in [-0.05, 0) is 29.7 Å². The monoisotopic (exact) mass is 379 g/mol. The van der Waals surface area contributed by atoms with Crippen LogP contribution in [0.5, 0.6) is 0 Å². The molecule has 3 rings (SSSR count). The number of rotatable bonds is 6. The molecule has 1 aromatic heterocycles. The van der Waals surface area contributed by atoms with Gasteiger partial charge in [0.25, 0.3) is 0 Å². The van der Waals surface area contributed by atoms with Gasteiger partial charge in [0.05, 0.1) is 12.1 Å². The molecule has 0 saturated carbocycles. The molecule has 0 atom stereocenters. The highest BCUT2D eigenvalue weighted by Gasteiger charge is 2.09. The number of nitrogens with zero attached hydrogens (tertiary/aromatic N) is 1. The summed E-state index contributed by atoms with van der Waals surface area (Å²) in [6.07, 6.45) is 1.25. The Labute approximate surface area is 162 Å². The summed E-state index contributed by atoms with van der Waals surface area (Å²) in [5, 5.41) is 8.08. The summed E-state index contributed by atoms with van der Waals surface area (Å²) in [5.74, 6) is -0.242. The van der Waals surface area contributed by atoms with Gasteiger partial charge in [-0.3, -0.25) is 9.59 Å². The minimum Gasteiger partial charge on any atom is -0.326 e. The smallest absolute Gasteiger partial charge is 0.230 e. The molecular weight excluding hydrogens is 358 g/mol. The fourth-order valence-corrected chi connectivity index (χ4v) is 3.37. The molecule has 5 nitrogen and oxygen atoms in total. The average molecular weight is 379 g/mol. The Kier molecular flexibility index (Phi) is 5.98. The Morgan fingerprint density at radius 3 is 2.26 bits per heavy atom. The lowest BCUT2D eigenvalue weighted by Gasteiger charge is -2.05. The topological polar surface area (TPSA) is 71.1 Å². The van der Waals surface area contributed by atoms with Crippen LogP contribution in [0.25, 0.3) is 11.3 Å². The van der Waals surface area contributed by atoms with Crippen molar-refractivity contribution in [1.29, 1.82) is 0 Å². The molecule has 3 aromatic rings. The van der Waals surface area contributed by atoms with Crippen molar-refractivity contribution in [2.24, 2.45) is 0 Å². The molecule has 138 valence electrons. The zero-order chi connectivity index (χ0) is 19.2. The second kappa shape index (κ2) is 8.60. The van der Waals surface area contributed by atoms with Crippen molar-refractivity contribution in [3.8, 4) is 11.3 Å². The standard InChI is InChI=1S/C21H21N3O2S/c1-3-15-4-8-17(9-5-15)19-13-27-21(23-19)24-20(26)12-16-6-10-18(11-7-16)22-14(2)25/h4-11,13H,3,12H2,1-2H3,(H,22,25)(H,23,24,26). The van der Waals surface area contributed by atoms with Crippen LogP contribution in [0, 0.1) is 0 Å². The fourth-order valence-electron chi connectivity index (χ4n) is 2.63. The first-order valence-electron chi connectivity index (χ1n) is 8.74. The van der Waals surface area contributed by atoms with Crippen LogP contribution in [0.15, 0.2) is 53.9 Å². The predicted octanol–water partition coefficient (Wildman–Crippen LogP) is 4.51. The molecule has 0 bridgehead atoms. The van der Waals surface area contributed by atoms with Gasteiger partial charge in [-0.15, -0.1) is 11.3 Å². The molecule has 0 aliphatic carbocycles. The second-order valence-electron chi connectivity index (χ2n) is 6.19. The van der Waals surface area contributed by atoms with Gasteiger partial charge in [0.1, 0.15) is 0 Å². The number of amides is 2. The van der Waals surface area contributed by atoms with Gasteiger partial charge >= 0.3 is 0 Å². The van der Waals surface area contributed by atoms with Gasteiger partial charge in [-0.2, -0.15) is 0 Å². The lowest BCUT2D eigenvalue weighted by atomic mass is 10.1. The molecule has 2 N–H and O–H groups in total. The van der Waals surface area contributed by atoms with E-state index in [1.54, 1.807) is 12.1 Å². The number of benzene rings is 2. The minimum atomic E-state index is -0.121. The van der Waals surface area contributed by atoms with Crippen molar-refractivity contribution in [1.82, 2.24) is 4.98 Å². The van der Waals surface area contributed by atoms with Gasteiger partial charge in [0, 0.05) is 23.6 Å². The maximum absolute atomic E-state index is 12.3. The molecule has 0 aliphatic rings. The Morgan fingerprint density at radius 1 is 0.963 bits per heavy atom. The van der Waals surface area contributed by atoms with E-state index in [2.05, 4.69) is 46.8 Å². The fraction of sp³-hybridized carbons (Fsp3) is 0.190. The first-order chi connectivity index (χ1) is 13.0. The largest absolute Gasteiger partial charge is 0.326 e. The quantitative estimate of drug-likeness (QED) is 0.662. The number of hydrogen-bond donors (Lipinski definition) is 2. The van der Waals surface area contributed by atoms with Crippen molar-refractivity contribution in [2.75, 3.05) is 10.6 Å². The van der Waals surface area contributed by atoms with Crippen LogP contribution >= 0.6 is 11.3 Å². The first kappa shape index (κ1) is 18.8. The van der Waals surface area contributed by atoms with E-state index >= 15 is 0 Å². The first-order valence-corrected chi connectivity index (χ1v) is 9.62. The molecule has 6 heteroatoms. The summed E-state index contributed by atoms with van der Waals surface area (Å²) in [6.45, 7) is 3.58. The van der Waals surface area contributed by atoms with Crippen molar-refractivity contribution < 1.29 is 9.59 Å². The van der Waals surface area contributed by atoms with Crippen LogP contribution < -0.4 is 10.6 Å². The van der Waals surface area contributed by atoms with E-state index in [1.165, 1.54) is 23.8 Å². The van der Waals surface area contributed by atoms with Crippen molar-refractivity contribution in [3.05, 3.63) is 65.0 Å². The summed E-state index contributed by atoms with van der Waals surface area (Å²) in [7, 11) is 0. The second-order valence-corrected chi connectivity index (χ2v) is 7.05. The van der Waals surface area contributed by atoms with Crippen LogP contribution in [0.2, 0.25) is 0 Å². The summed E-state index contributed by atoms with van der Waals surface area (Å²) in [6, 6.07) is 15.5. The number of nitrogens with one attached hydrogen (secondary N) is 2. The number of anilines is 2. The number of aromatic nitrogens is 1. The van der Waals surface area contributed by atoms with Crippen LogP contribution in [-0.2, 0) is 22.4 Å². The van der Waals surface area contributed by atoms with E-state index in [0.717, 1.165) is 23.2 Å². The maximum Gasteiger partial charge on any atom is 0.230 e. The minimum absolute atomic E-state index is 0.121. The predicted molar refractivity (Wildman–Crippen MR) is 110 cm³/mol. The Bertz CT molecular complexity index is 931. The zero-order valence-electron chi connectivity index (χ0n) is 15.3. The Morgan fingerprint density at radius 2 is 1.63 bits per heavy atom. The van der Waals surface area contributed by atoms with E-state index in [1.807, 2.05) is 17.5 Å². The summed E-state index contributed by atoms with van der Waals surface area (Å²) in [4.78, 5) is 27.8. The molecule has 1 heterocycles. The van der Waals surface area contributed by atoms with E-state index in [-0.39, 0.29) is 18.2 Å². The molecule has 0 aliphatic heterocycles. The highest BCUT2D eigenvalue weighted by Crippen LogP contribution is 2.25. The maximum atomic E-state index is 12.3. The van der Waals surface area contributed by atoms with Gasteiger partial charge < -0.3 is 10.6 Å². The van der Waals surface area contributed by atoms with Gasteiger partial charge in [0.2, 0.25) is 11.8 Å². The lowest BCUT2D eigenvalue weighted by molar-refractivity contribution is -0.116. The zero-order valence-corrected chi connectivity index (χ0v) is 16.1. The summed E-state index contributed by atoms with van der Waals surface area (Å²) < 4.78 is 0. The van der Waals surface area contributed by atoms with Crippen LogP contribution in [0.4, 0.5) is 10.8 Å². The molecule has 0 saturated heterocycles. The van der Waals surface area contributed by atoms with Crippen LogP contribution in [0.1, 0.15) is 25.0 Å². The number of hydrogen-bond acceptors (Lipinski definition) is 4. The highest BCUT2D eigenvalue weighted by atomic mass is 32.1. The van der Waals surface area contributed by atoms with E-state index in [0.29, 0.717) is 10.8 Å². The molecule has 0 fully saturated rings. The van der Waals surface area contributed by atoms with Gasteiger partial charge in [-0.1, -0.05) is 43.3 Å². The molecule has 2 aromatic carbocycles. The Balaban J connectivity index is 1.59. The third-order valence-electron chi connectivity index (χ3n) is 4.05. The van der Waals surface area contributed by atoms with Crippen molar-refractivity contribution in [2.45, 2.75) is 26.7 Å². The number of aryl methyl sites for hydroxylation is 1. The molecule has 2 amide bonds. The van der Waals surface area contributed by atoms with Crippen molar-refractivity contribution in [3.63, 3.8) is 0 Å². The SMILES string of the molecule is CCc1ccc(-c2csc(NC(=O)Cc3ccc(NC(C)=O)cc3)n2)cc1. The van der Waals surface area contributed by atoms with E-state index < -0.39 is 0 Å². The molecule has 0 spiro atoms. The third kappa shape index (κ3) is 5.24. The third-order valence-corrected chi connectivity index (χ3v) is 4.81. The number of carbonyl (C=O) groups is 2. The highest BCUT2D eigenvalue weighted by molar-refractivity contribution is 7.14. The lowest BCUT2D eigenvalue weighted by Crippen LogP contribution is -2.14. The average Bonchev–Trinajstić information content (AvgIpc) is 3.11. The molecule has 0 unspecified atom stereocenters. The van der Waals surface area contributed by atoms with Gasteiger partial charge in [-0.25, -0.2) is 4.98 Å². The van der Waals surface area contributed by atoms with E-state index in [9.17, 15) is 9.59 Å². The van der Waals surface area contributed by atoms with Crippen molar-refractivity contribution >= 4 is 34.0 Å². The number of thiazole rings is 1. The number of carbonyl (C=O) groups excluding carboxylic acids is 2.